The maximum Gasteiger partial charge on any atom is 0.303 e. The van der Waals surface area contributed by atoms with Crippen LogP contribution in [0.4, 0.5) is 0 Å². The summed E-state index contributed by atoms with van der Waals surface area (Å²) in [5.41, 5.74) is 0.879. The van der Waals surface area contributed by atoms with Gasteiger partial charge < -0.3 is 19.6 Å². The van der Waals surface area contributed by atoms with E-state index in [1.807, 2.05) is 26.0 Å². The second-order valence-corrected chi connectivity index (χ2v) is 6.13. The first-order valence-corrected chi connectivity index (χ1v) is 7.37. The molecule has 0 bridgehead atoms. The van der Waals surface area contributed by atoms with Gasteiger partial charge in [-0.15, -0.1) is 0 Å². The number of hydrogen-bond donors (Lipinski definition) is 2. The molecule has 23 heavy (non-hydrogen) atoms. The minimum absolute atomic E-state index is 0.0156. The van der Waals surface area contributed by atoms with Crippen molar-refractivity contribution in [2.24, 2.45) is 0 Å². The van der Waals surface area contributed by atoms with Gasteiger partial charge >= 0.3 is 5.97 Å². The van der Waals surface area contributed by atoms with Gasteiger partial charge in [0.25, 0.3) is 0 Å². The van der Waals surface area contributed by atoms with Gasteiger partial charge in [0.1, 0.15) is 11.3 Å². The number of amides is 1. The predicted molar refractivity (Wildman–Crippen MR) is 85.6 cm³/mol. The summed E-state index contributed by atoms with van der Waals surface area (Å²) >= 11 is 0. The molecule has 2 rings (SSSR count). The molecule has 0 saturated heterocycles. The van der Waals surface area contributed by atoms with Gasteiger partial charge in [-0.25, -0.2) is 0 Å². The van der Waals surface area contributed by atoms with Crippen molar-refractivity contribution in [2.75, 3.05) is 7.11 Å². The van der Waals surface area contributed by atoms with Gasteiger partial charge in [0, 0.05) is 29.0 Å². The minimum atomic E-state index is -0.873. The Morgan fingerprint density at radius 3 is 2.74 bits per heavy atom. The zero-order chi connectivity index (χ0) is 17.0. The van der Waals surface area contributed by atoms with Crippen molar-refractivity contribution >= 4 is 22.8 Å². The molecule has 2 N–H and O–H groups in total. The van der Waals surface area contributed by atoms with E-state index < -0.39 is 11.5 Å². The van der Waals surface area contributed by atoms with Crippen molar-refractivity contribution in [3.8, 4) is 5.75 Å². The zero-order valence-electron chi connectivity index (χ0n) is 13.5. The van der Waals surface area contributed by atoms with E-state index in [1.165, 1.54) is 0 Å². The fraction of sp³-hybridized carbons (Fsp3) is 0.412. The molecule has 1 heterocycles. The van der Waals surface area contributed by atoms with Crippen LogP contribution < -0.4 is 10.1 Å². The van der Waals surface area contributed by atoms with E-state index >= 15 is 0 Å². The number of furan rings is 1. The zero-order valence-corrected chi connectivity index (χ0v) is 13.5. The molecule has 1 aromatic heterocycles. The highest BCUT2D eigenvalue weighted by atomic mass is 16.5. The van der Waals surface area contributed by atoms with Crippen LogP contribution in [0.15, 0.2) is 28.9 Å². The molecule has 0 atom stereocenters. The second-order valence-electron chi connectivity index (χ2n) is 6.13. The molecule has 1 amide bonds. The van der Waals surface area contributed by atoms with Crippen molar-refractivity contribution in [1.82, 2.24) is 5.32 Å². The van der Waals surface area contributed by atoms with Crippen LogP contribution >= 0.6 is 0 Å². The van der Waals surface area contributed by atoms with Crippen molar-refractivity contribution in [1.29, 1.82) is 0 Å². The maximum absolute atomic E-state index is 12.2. The summed E-state index contributed by atoms with van der Waals surface area (Å²) in [7, 11) is 1.58. The standard InChI is InChI=1S/C17H21NO5/c1-17(2,7-6-16(20)21)18-15(19)8-11-10-23-14-9-12(22-3)4-5-13(11)14/h4-5,9-10H,6-8H2,1-3H3,(H,18,19)(H,20,21). The van der Waals surface area contributed by atoms with E-state index in [0.717, 1.165) is 10.9 Å². The molecule has 0 aliphatic heterocycles. The molecule has 0 aliphatic rings. The van der Waals surface area contributed by atoms with Gasteiger partial charge in [-0.3, -0.25) is 9.59 Å². The lowest BCUT2D eigenvalue weighted by Gasteiger charge is -2.25. The summed E-state index contributed by atoms with van der Waals surface area (Å²) in [6, 6.07) is 5.44. The van der Waals surface area contributed by atoms with E-state index in [2.05, 4.69) is 5.32 Å². The maximum atomic E-state index is 12.2. The number of fused-ring (bicyclic) bond motifs is 1. The number of carbonyl (C=O) groups excluding carboxylic acids is 1. The quantitative estimate of drug-likeness (QED) is 0.819. The van der Waals surface area contributed by atoms with Crippen molar-refractivity contribution in [2.45, 2.75) is 38.6 Å². The van der Waals surface area contributed by atoms with E-state index in [1.54, 1.807) is 19.4 Å². The highest BCUT2D eigenvalue weighted by Gasteiger charge is 2.22. The molecule has 0 aliphatic carbocycles. The lowest BCUT2D eigenvalue weighted by Crippen LogP contribution is -2.44. The van der Waals surface area contributed by atoms with Gasteiger partial charge in [-0.05, 0) is 32.4 Å². The molecular formula is C17H21NO5. The largest absolute Gasteiger partial charge is 0.497 e. The summed E-state index contributed by atoms with van der Waals surface area (Å²) in [5, 5.41) is 12.5. The topological polar surface area (TPSA) is 88.8 Å². The summed E-state index contributed by atoms with van der Waals surface area (Å²) in [6.45, 7) is 3.62. The first-order valence-electron chi connectivity index (χ1n) is 7.37. The van der Waals surface area contributed by atoms with Crippen LogP contribution in [0.1, 0.15) is 32.3 Å². The van der Waals surface area contributed by atoms with Crippen LogP contribution in [0.5, 0.6) is 5.75 Å². The molecule has 1 aromatic carbocycles. The number of ether oxygens (including phenoxy) is 1. The Morgan fingerprint density at radius 2 is 2.09 bits per heavy atom. The average Bonchev–Trinajstić information content (AvgIpc) is 2.87. The van der Waals surface area contributed by atoms with E-state index in [4.69, 9.17) is 14.3 Å². The number of nitrogens with one attached hydrogen (secondary N) is 1. The molecule has 6 heteroatoms. The lowest BCUT2D eigenvalue weighted by molar-refractivity contribution is -0.137. The molecule has 2 aromatic rings. The van der Waals surface area contributed by atoms with E-state index in [-0.39, 0.29) is 18.7 Å². The van der Waals surface area contributed by atoms with Crippen molar-refractivity contribution in [3.63, 3.8) is 0 Å². The minimum Gasteiger partial charge on any atom is -0.497 e. The molecule has 0 radical (unpaired) electrons. The number of hydrogen-bond acceptors (Lipinski definition) is 4. The van der Waals surface area contributed by atoms with Gasteiger partial charge in [-0.2, -0.15) is 0 Å². The monoisotopic (exact) mass is 319 g/mol. The molecule has 124 valence electrons. The summed E-state index contributed by atoms with van der Waals surface area (Å²) in [4.78, 5) is 22.9. The molecule has 0 spiro atoms. The summed E-state index contributed by atoms with van der Waals surface area (Å²) in [6.07, 6.45) is 2.13. The number of rotatable bonds is 7. The highest BCUT2D eigenvalue weighted by Crippen LogP contribution is 2.26. The Kier molecular flexibility index (Phi) is 4.93. The fourth-order valence-electron chi connectivity index (χ4n) is 2.40. The number of carboxylic acid groups (broad SMARTS) is 1. The third kappa shape index (κ3) is 4.48. The first kappa shape index (κ1) is 16.9. The average molecular weight is 319 g/mol. The van der Waals surface area contributed by atoms with Gasteiger partial charge in [-0.1, -0.05) is 0 Å². The van der Waals surface area contributed by atoms with Crippen LogP contribution in [0.25, 0.3) is 11.0 Å². The van der Waals surface area contributed by atoms with E-state index in [0.29, 0.717) is 17.8 Å². The molecular weight excluding hydrogens is 298 g/mol. The van der Waals surface area contributed by atoms with E-state index in [9.17, 15) is 9.59 Å². The Hall–Kier alpha value is -2.50. The Bertz CT molecular complexity index is 717. The smallest absolute Gasteiger partial charge is 0.303 e. The lowest BCUT2D eigenvalue weighted by atomic mass is 9.97. The number of carbonyl (C=O) groups is 2. The number of aliphatic carboxylic acids is 1. The molecule has 0 unspecified atom stereocenters. The van der Waals surface area contributed by atoms with Crippen LogP contribution in [0, 0.1) is 0 Å². The first-order chi connectivity index (χ1) is 10.8. The summed E-state index contributed by atoms with van der Waals surface area (Å²) < 4.78 is 10.6. The second kappa shape index (κ2) is 6.73. The fourth-order valence-corrected chi connectivity index (χ4v) is 2.40. The van der Waals surface area contributed by atoms with Crippen molar-refractivity contribution in [3.05, 3.63) is 30.0 Å². The predicted octanol–water partition coefficient (Wildman–Crippen LogP) is 2.74. The Morgan fingerprint density at radius 1 is 1.35 bits per heavy atom. The number of carboxylic acids is 1. The summed E-state index contributed by atoms with van der Waals surface area (Å²) in [5.74, 6) is -0.348. The molecule has 6 nitrogen and oxygen atoms in total. The van der Waals surface area contributed by atoms with Crippen LogP contribution in [0.2, 0.25) is 0 Å². The molecule has 0 fully saturated rings. The third-order valence-electron chi connectivity index (χ3n) is 3.66. The molecule has 0 saturated carbocycles. The third-order valence-corrected chi connectivity index (χ3v) is 3.66. The van der Waals surface area contributed by atoms with Crippen LogP contribution in [-0.4, -0.2) is 29.6 Å². The van der Waals surface area contributed by atoms with Gasteiger partial charge in [0.2, 0.25) is 5.91 Å². The highest BCUT2D eigenvalue weighted by molar-refractivity contribution is 5.88. The SMILES string of the molecule is COc1ccc2c(CC(=O)NC(C)(C)CCC(=O)O)coc2c1. The number of methoxy groups -OCH3 is 1. The van der Waals surface area contributed by atoms with Gasteiger partial charge in [0.15, 0.2) is 0 Å². The van der Waals surface area contributed by atoms with Gasteiger partial charge in [0.05, 0.1) is 19.8 Å². The van der Waals surface area contributed by atoms with Crippen LogP contribution in [-0.2, 0) is 16.0 Å². The Balaban J connectivity index is 2.04. The Labute approximate surface area is 134 Å². The number of benzene rings is 1. The van der Waals surface area contributed by atoms with Crippen LogP contribution in [0.3, 0.4) is 0 Å². The van der Waals surface area contributed by atoms with Crippen molar-refractivity contribution < 1.29 is 23.8 Å². The normalized spacial score (nSPS) is 11.4.